The number of unbranched alkanes of at least 4 members (excludes halogenated alkanes) is 10. The van der Waals surface area contributed by atoms with E-state index in [1.807, 2.05) is 0 Å². The molecule has 1 saturated heterocycles. The van der Waals surface area contributed by atoms with Crippen LogP contribution < -0.4 is 10.6 Å². The van der Waals surface area contributed by atoms with E-state index in [0.717, 1.165) is 25.7 Å². The Kier molecular flexibility index (Phi) is 13.2. The highest BCUT2D eigenvalue weighted by Crippen LogP contribution is 2.42. The average molecular weight is 545 g/mol. The third-order valence-corrected chi connectivity index (χ3v) is 7.92. The fourth-order valence-electron chi connectivity index (χ4n) is 6.13. The van der Waals surface area contributed by atoms with Crippen molar-refractivity contribution in [2.75, 3.05) is 11.9 Å². The molecule has 1 aliphatic rings. The van der Waals surface area contributed by atoms with Crippen molar-refractivity contribution in [3.8, 4) is 0 Å². The van der Waals surface area contributed by atoms with Crippen molar-refractivity contribution in [3.05, 3.63) is 10.6 Å². The molecule has 0 radical (unpaired) electrons. The molecule has 0 bridgehead atoms. The smallest absolute Gasteiger partial charge is 0.228 e. The number of anilines is 1. The summed E-state index contributed by atoms with van der Waals surface area (Å²) in [6.45, 7) is 11.8. The van der Waals surface area contributed by atoms with Gasteiger partial charge in [-0.15, -0.1) is 0 Å². The van der Waals surface area contributed by atoms with E-state index in [0.29, 0.717) is 18.9 Å². The summed E-state index contributed by atoms with van der Waals surface area (Å²) in [5, 5.41) is 19.1. The van der Waals surface area contributed by atoms with Crippen LogP contribution in [0.15, 0.2) is 0 Å². The Morgan fingerprint density at radius 3 is 1.78 bits per heavy atom. The molecule has 1 aliphatic heterocycles. The van der Waals surface area contributed by atoms with Gasteiger partial charge in [-0.1, -0.05) is 77.6 Å². The zero-order valence-electron chi connectivity index (χ0n) is 23.4. The first kappa shape index (κ1) is 31.5. The van der Waals surface area contributed by atoms with Crippen molar-refractivity contribution in [3.63, 3.8) is 0 Å². The van der Waals surface area contributed by atoms with Crippen molar-refractivity contribution < 1.29 is 5.11 Å². The molecule has 0 amide bonds. The summed E-state index contributed by atoms with van der Waals surface area (Å²) in [6.07, 6.45) is 17.7. The van der Waals surface area contributed by atoms with Crippen LogP contribution in [0.4, 0.5) is 5.95 Å². The maximum Gasteiger partial charge on any atom is 0.228 e. The van der Waals surface area contributed by atoms with Gasteiger partial charge in [-0.25, -0.2) is 0 Å². The second-order valence-electron chi connectivity index (χ2n) is 12.3. The summed E-state index contributed by atoms with van der Waals surface area (Å²) in [7, 11) is 0. The Bertz CT molecular complexity index is 740. The fraction of sp³-hybridized carbons (Fsp3) is 0.893. The Morgan fingerprint density at radius 1 is 0.806 bits per heavy atom. The number of nitrogens with one attached hydrogen (secondary N) is 2. The topological polar surface area (TPSA) is 83.0 Å². The van der Waals surface area contributed by atoms with Crippen molar-refractivity contribution in [1.82, 2.24) is 20.3 Å². The quantitative estimate of drug-likeness (QED) is 0.173. The minimum atomic E-state index is -0.746. The number of aliphatic hydroxyl groups is 1. The predicted molar refractivity (Wildman–Crippen MR) is 153 cm³/mol. The summed E-state index contributed by atoms with van der Waals surface area (Å²) >= 11 is 11.8. The van der Waals surface area contributed by atoms with Crippen LogP contribution in [-0.4, -0.2) is 43.3 Å². The largest absolute Gasteiger partial charge is 0.390 e. The van der Waals surface area contributed by atoms with Gasteiger partial charge in [0.15, 0.2) is 0 Å². The van der Waals surface area contributed by atoms with Crippen molar-refractivity contribution >= 4 is 29.2 Å². The highest BCUT2D eigenvalue weighted by molar-refractivity contribution is 6.31. The number of hydrogen-bond acceptors (Lipinski definition) is 6. The predicted octanol–water partition coefficient (Wildman–Crippen LogP) is 7.97. The molecule has 1 aromatic rings. The monoisotopic (exact) mass is 543 g/mol. The van der Waals surface area contributed by atoms with Crippen LogP contribution in [0.3, 0.4) is 0 Å². The van der Waals surface area contributed by atoms with Gasteiger partial charge in [0.1, 0.15) is 0 Å². The molecule has 2 rings (SSSR count). The van der Waals surface area contributed by atoms with Crippen LogP contribution in [0.25, 0.3) is 0 Å². The van der Waals surface area contributed by atoms with Crippen LogP contribution in [0.1, 0.15) is 131 Å². The standard InChI is InChI=1S/C28H51Cl2N5O/c1-6-7-8-9-10-11-12-13-14-15-16-17-28(36,22-20-26(2,3)35-27(4,5)21-22)18-19-31-25-33-23(29)32-24(30)34-25/h22,35-36H,6-21H2,1-5H3,(H,31,32,33,34). The molecule has 1 aromatic heterocycles. The Morgan fingerprint density at radius 2 is 1.28 bits per heavy atom. The lowest BCUT2D eigenvalue weighted by molar-refractivity contribution is -0.0722. The van der Waals surface area contributed by atoms with E-state index in [1.54, 1.807) is 0 Å². The number of piperidine rings is 1. The molecule has 0 spiro atoms. The average Bonchev–Trinajstić information content (AvgIpc) is 2.75. The Balaban J connectivity index is 1.88. The maximum absolute atomic E-state index is 12.1. The molecule has 1 fully saturated rings. The van der Waals surface area contributed by atoms with Gasteiger partial charge in [-0.05, 0) is 82.5 Å². The minimum absolute atomic E-state index is 0.0137. The van der Waals surface area contributed by atoms with Gasteiger partial charge in [-0.2, -0.15) is 15.0 Å². The lowest BCUT2D eigenvalue weighted by Crippen LogP contribution is -2.61. The second kappa shape index (κ2) is 15.0. The van der Waals surface area contributed by atoms with Gasteiger partial charge in [-0.3, -0.25) is 0 Å². The molecule has 1 unspecified atom stereocenters. The van der Waals surface area contributed by atoms with Crippen molar-refractivity contribution in [2.45, 2.75) is 148 Å². The molecule has 8 heteroatoms. The second-order valence-corrected chi connectivity index (χ2v) is 12.9. The van der Waals surface area contributed by atoms with Gasteiger partial charge in [0.05, 0.1) is 5.60 Å². The molecule has 0 saturated carbocycles. The van der Waals surface area contributed by atoms with E-state index in [9.17, 15) is 5.11 Å². The highest BCUT2D eigenvalue weighted by Gasteiger charge is 2.46. The number of rotatable bonds is 17. The van der Waals surface area contributed by atoms with Crippen LogP contribution in [0.2, 0.25) is 10.6 Å². The Labute approximate surface area is 230 Å². The lowest BCUT2D eigenvalue weighted by Gasteiger charge is -2.51. The summed E-state index contributed by atoms with van der Waals surface area (Å²) in [4.78, 5) is 12.0. The highest BCUT2D eigenvalue weighted by atomic mass is 35.5. The van der Waals surface area contributed by atoms with Gasteiger partial charge >= 0.3 is 0 Å². The summed E-state index contributed by atoms with van der Waals surface area (Å²) in [6, 6.07) is 0. The van der Waals surface area contributed by atoms with E-state index in [1.165, 1.54) is 64.2 Å². The molecule has 6 nitrogen and oxygen atoms in total. The summed E-state index contributed by atoms with van der Waals surface area (Å²) in [5.74, 6) is 0.571. The third kappa shape index (κ3) is 11.8. The van der Waals surface area contributed by atoms with E-state index >= 15 is 0 Å². The van der Waals surface area contributed by atoms with E-state index < -0.39 is 5.60 Å². The Hall–Kier alpha value is -0.690. The van der Waals surface area contributed by atoms with Crippen molar-refractivity contribution in [1.29, 1.82) is 0 Å². The first-order valence-electron chi connectivity index (χ1n) is 14.3. The minimum Gasteiger partial charge on any atom is -0.390 e. The summed E-state index contributed by atoms with van der Waals surface area (Å²) < 4.78 is 0. The number of aromatic nitrogens is 3. The van der Waals surface area contributed by atoms with E-state index in [4.69, 9.17) is 23.2 Å². The van der Waals surface area contributed by atoms with E-state index in [2.05, 4.69) is 60.2 Å². The fourth-order valence-corrected chi connectivity index (χ4v) is 6.49. The molecule has 36 heavy (non-hydrogen) atoms. The summed E-state index contributed by atoms with van der Waals surface area (Å²) in [5.41, 5.74) is -0.774. The molecular weight excluding hydrogens is 493 g/mol. The van der Waals surface area contributed by atoms with E-state index in [-0.39, 0.29) is 27.6 Å². The number of halogens is 2. The maximum atomic E-state index is 12.1. The number of nitrogens with zero attached hydrogens (tertiary/aromatic N) is 3. The molecule has 3 N–H and O–H groups in total. The zero-order valence-corrected chi connectivity index (χ0v) is 24.9. The van der Waals surface area contributed by atoms with Crippen LogP contribution in [0.5, 0.6) is 0 Å². The molecule has 0 aromatic carbocycles. The van der Waals surface area contributed by atoms with Crippen LogP contribution in [-0.2, 0) is 0 Å². The zero-order chi connectivity index (χ0) is 26.7. The first-order chi connectivity index (χ1) is 16.9. The molecule has 1 atom stereocenters. The van der Waals surface area contributed by atoms with Gasteiger partial charge < -0.3 is 15.7 Å². The molecule has 0 aliphatic carbocycles. The van der Waals surface area contributed by atoms with Crippen molar-refractivity contribution in [2.24, 2.45) is 5.92 Å². The van der Waals surface area contributed by atoms with Gasteiger partial charge in [0.2, 0.25) is 16.5 Å². The van der Waals surface area contributed by atoms with Gasteiger partial charge in [0, 0.05) is 17.6 Å². The molecular formula is C28H51Cl2N5O. The normalized spacial score (nSPS) is 19.2. The van der Waals surface area contributed by atoms with Crippen LogP contribution >= 0.6 is 23.2 Å². The number of hydrogen-bond donors (Lipinski definition) is 3. The van der Waals surface area contributed by atoms with Crippen LogP contribution in [0, 0.1) is 5.92 Å². The lowest BCUT2D eigenvalue weighted by atomic mass is 9.66. The first-order valence-corrected chi connectivity index (χ1v) is 15.0. The third-order valence-electron chi connectivity index (χ3n) is 7.59. The molecule has 208 valence electrons. The molecule has 2 heterocycles. The van der Waals surface area contributed by atoms with Gasteiger partial charge in [0.25, 0.3) is 0 Å². The SMILES string of the molecule is CCCCCCCCCCCCCC(O)(CCNc1nc(Cl)nc(Cl)n1)C1CC(C)(C)NC(C)(C)C1.